The molecule has 0 aromatic carbocycles. The van der Waals surface area contributed by atoms with Crippen LogP contribution in [-0.4, -0.2) is 24.9 Å². The largest absolute Gasteiger partial charge is 0.263 e. The van der Waals surface area contributed by atoms with Crippen molar-refractivity contribution in [3.8, 4) is 0 Å². The zero-order valence-electron chi connectivity index (χ0n) is 8.39. The van der Waals surface area contributed by atoms with Gasteiger partial charge in [-0.3, -0.25) is 4.98 Å². The van der Waals surface area contributed by atoms with E-state index in [-0.39, 0.29) is 0 Å². The summed E-state index contributed by atoms with van der Waals surface area (Å²) in [6, 6.07) is 1.74. The number of aromatic nitrogens is 1. The van der Waals surface area contributed by atoms with E-state index in [4.69, 9.17) is 0 Å². The first-order chi connectivity index (χ1) is 6.41. The minimum atomic E-state index is -3.16. The van der Waals surface area contributed by atoms with Crippen molar-refractivity contribution in [2.24, 2.45) is 0 Å². The SMILES string of the molecule is CC(C)Sc1ccncc1S(C)(=O)=O. The molecule has 1 aromatic heterocycles. The second-order valence-corrected chi connectivity index (χ2v) is 6.86. The number of rotatable bonds is 3. The Hall–Kier alpha value is -0.550. The van der Waals surface area contributed by atoms with Crippen molar-refractivity contribution < 1.29 is 8.42 Å². The highest BCUT2D eigenvalue weighted by molar-refractivity contribution is 8.00. The zero-order chi connectivity index (χ0) is 10.8. The van der Waals surface area contributed by atoms with Crippen molar-refractivity contribution in [1.82, 2.24) is 4.98 Å². The molecule has 0 saturated carbocycles. The summed E-state index contributed by atoms with van der Waals surface area (Å²) in [5, 5.41) is 0.359. The molecule has 0 spiro atoms. The number of nitrogens with zero attached hydrogens (tertiary/aromatic N) is 1. The maximum atomic E-state index is 11.4. The third-order valence-electron chi connectivity index (χ3n) is 1.51. The van der Waals surface area contributed by atoms with Crippen LogP contribution >= 0.6 is 11.8 Å². The molecule has 1 rings (SSSR count). The van der Waals surface area contributed by atoms with Crippen molar-refractivity contribution >= 4 is 21.6 Å². The van der Waals surface area contributed by atoms with Crippen LogP contribution in [-0.2, 0) is 9.84 Å². The summed E-state index contributed by atoms with van der Waals surface area (Å²) in [5.74, 6) is 0. The van der Waals surface area contributed by atoms with Crippen molar-refractivity contribution in [3.63, 3.8) is 0 Å². The van der Waals surface area contributed by atoms with Gasteiger partial charge in [0, 0.05) is 28.8 Å². The minimum absolute atomic E-state index is 0.318. The van der Waals surface area contributed by atoms with Crippen molar-refractivity contribution in [2.75, 3.05) is 6.26 Å². The van der Waals surface area contributed by atoms with Gasteiger partial charge < -0.3 is 0 Å². The van der Waals surface area contributed by atoms with Crippen molar-refractivity contribution in [2.45, 2.75) is 28.9 Å². The highest BCUT2D eigenvalue weighted by atomic mass is 32.2. The van der Waals surface area contributed by atoms with Crippen LogP contribution in [0.5, 0.6) is 0 Å². The van der Waals surface area contributed by atoms with E-state index in [0.29, 0.717) is 10.1 Å². The van der Waals surface area contributed by atoms with E-state index in [0.717, 1.165) is 4.90 Å². The standard InChI is InChI=1S/C9H13NO2S2/c1-7(2)13-8-4-5-10-6-9(8)14(3,11)12/h4-7H,1-3H3. The Bertz CT molecular complexity index is 413. The predicted molar refractivity (Wildman–Crippen MR) is 58.3 cm³/mol. The second kappa shape index (κ2) is 4.31. The van der Waals surface area contributed by atoms with E-state index >= 15 is 0 Å². The molecule has 0 saturated heterocycles. The van der Waals surface area contributed by atoms with Crippen LogP contribution in [0.1, 0.15) is 13.8 Å². The molecule has 3 nitrogen and oxygen atoms in total. The first kappa shape index (κ1) is 11.5. The number of pyridine rings is 1. The van der Waals surface area contributed by atoms with Gasteiger partial charge in [0.25, 0.3) is 0 Å². The Labute approximate surface area is 88.9 Å². The van der Waals surface area contributed by atoms with Crippen molar-refractivity contribution in [3.05, 3.63) is 18.5 Å². The van der Waals surface area contributed by atoms with Gasteiger partial charge in [-0.25, -0.2) is 8.42 Å². The molecule has 0 N–H and O–H groups in total. The van der Waals surface area contributed by atoms with E-state index in [1.807, 2.05) is 13.8 Å². The monoisotopic (exact) mass is 231 g/mol. The molecule has 1 aromatic rings. The Morgan fingerprint density at radius 2 is 2.07 bits per heavy atom. The van der Waals surface area contributed by atoms with Gasteiger partial charge >= 0.3 is 0 Å². The highest BCUT2D eigenvalue weighted by Crippen LogP contribution is 2.28. The molecule has 0 aliphatic carbocycles. The molecule has 0 atom stereocenters. The summed E-state index contributed by atoms with van der Waals surface area (Å²) >= 11 is 1.53. The Morgan fingerprint density at radius 3 is 2.57 bits per heavy atom. The van der Waals surface area contributed by atoms with Crippen LogP contribution < -0.4 is 0 Å². The smallest absolute Gasteiger partial charge is 0.178 e. The highest BCUT2D eigenvalue weighted by Gasteiger charge is 2.14. The third kappa shape index (κ3) is 2.99. The number of thioether (sulfide) groups is 1. The molecule has 14 heavy (non-hydrogen) atoms. The molecular formula is C9H13NO2S2. The molecule has 0 amide bonds. The van der Waals surface area contributed by atoms with Gasteiger partial charge in [-0.05, 0) is 6.07 Å². The lowest BCUT2D eigenvalue weighted by Gasteiger charge is -2.08. The van der Waals surface area contributed by atoms with Gasteiger partial charge in [-0.15, -0.1) is 11.8 Å². The van der Waals surface area contributed by atoms with Gasteiger partial charge in [-0.1, -0.05) is 13.8 Å². The maximum Gasteiger partial charge on any atom is 0.178 e. The lowest BCUT2D eigenvalue weighted by atomic mass is 10.5. The van der Waals surface area contributed by atoms with Crippen LogP contribution in [0.15, 0.2) is 28.3 Å². The van der Waals surface area contributed by atoms with Crippen molar-refractivity contribution in [1.29, 1.82) is 0 Å². The molecule has 0 bridgehead atoms. The number of sulfone groups is 1. The van der Waals surface area contributed by atoms with Crippen LogP contribution in [0.2, 0.25) is 0 Å². The molecule has 0 fully saturated rings. The molecule has 78 valence electrons. The summed E-state index contributed by atoms with van der Waals surface area (Å²) in [4.78, 5) is 4.92. The van der Waals surface area contributed by atoms with Crippen LogP contribution in [0.4, 0.5) is 0 Å². The molecule has 0 radical (unpaired) electrons. The minimum Gasteiger partial charge on any atom is -0.263 e. The summed E-state index contributed by atoms with van der Waals surface area (Å²) in [6.45, 7) is 4.05. The molecule has 0 aliphatic rings. The first-order valence-electron chi connectivity index (χ1n) is 4.22. The second-order valence-electron chi connectivity index (χ2n) is 3.26. The predicted octanol–water partition coefficient (Wildman–Crippen LogP) is 1.99. The topological polar surface area (TPSA) is 47.0 Å². The fourth-order valence-corrected chi connectivity index (χ4v) is 3.10. The molecule has 0 aliphatic heterocycles. The zero-order valence-corrected chi connectivity index (χ0v) is 10.0. The number of hydrogen-bond donors (Lipinski definition) is 0. The first-order valence-corrected chi connectivity index (χ1v) is 6.99. The Balaban J connectivity index is 3.17. The molecule has 1 heterocycles. The van der Waals surface area contributed by atoms with Gasteiger partial charge in [-0.2, -0.15) is 0 Å². The van der Waals surface area contributed by atoms with Crippen LogP contribution in [0, 0.1) is 0 Å². The normalized spacial score (nSPS) is 12.0. The average molecular weight is 231 g/mol. The molecule has 5 heteroatoms. The quantitative estimate of drug-likeness (QED) is 0.746. The maximum absolute atomic E-state index is 11.4. The lowest BCUT2D eigenvalue weighted by molar-refractivity contribution is 0.599. The summed E-state index contributed by atoms with van der Waals surface area (Å²) in [6.07, 6.45) is 4.22. The lowest BCUT2D eigenvalue weighted by Crippen LogP contribution is -2.01. The van der Waals surface area contributed by atoms with Crippen LogP contribution in [0.25, 0.3) is 0 Å². The summed E-state index contributed by atoms with van der Waals surface area (Å²) < 4.78 is 22.8. The Morgan fingerprint density at radius 1 is 1.43 bits per heavy atom. The summed E-state index contributed by atoms with van der Waals surface area (Å²) in [5.41, 5.74) is 0. The van der Waals surface area contributed by atoms with E-state index in [2.05, 4.69) is 4.98 Å². The third-order valence-corrected chi connectivity index (χ3v) is 3.84. The van der Waals surface area contributed by atoms with Gasteiger partial charge in [0.15, 0.2) is 9.84 Å². The van der Waals surface area contributed by atoms with E-state index < -0.39 is 9.84 Å². The van der Waals surface area contributed by atoms with Crippen LogP contribution in [0.3, 0.4) is 0 Å². The molecule has 0 unspecified atom stereocenters. The Kier molecular flexibility index (Phi) is 3.55. The van der Waals surface area contributed by atoms with Gasteiger partial charge in [0.05, 0.1) is 4.90 Å². The van der Waals surface area contributed by atoms with Gasteiger partial charge in [0.2, 0.25) is 0 Å². The summed E-state index contributed by atoms with van der Waals surface area (Å²) in [7, 11) is -3.16. The number of hydrogen-bond acceptors (Lipinski definition) is 4. The average Bonchev–Trinajstić information content (AvgIpc) is 2.01. The fraction of sp³-hybridized carbons (Fsp3) is 0.444. The molecular weight excluding hydrogens is 218 g/mol. The van der Waals surface area contributed by atoms with Gasteiger partial charge in [0.1, 0.15) is 0 Å². The van der Waals surface area contributed by atoms with E-state index in [1.54, 1.807) is 12.3 Å². The van der Waals surface area contributed by atoms with E-state index in [9.17, 15) is 8.42 Å². The fourth-order valence-electron chi connectivity index (χ4n) is 0.997. The van der Waals surface area contributed by atoms with E-state index in [1.165, 1.54) is 24.2 Å².